The van der Waals surface area contributed by atoms with Gasteiger partial charge in [-0.25, -0.2) is 0 Å². The number of guanidine groups is 1. The second-order valence-corrected chi connectivity index (χ2v) is 7.62. The average molecular weight is 412 g/mol. The van der Waals surface area contributed by atoms with Crippen molar-refractivity contribution in [3.8, 4) is 11.5 Å². The van der Waals surface area contributed by atoms with Gasteiger partial charge in [0.2, 0.25) is 0 Å². The molecule has 6 heteroatoms. The smallest absolute Gasteiger partial charge is 0.194 e. The molecule has 2 aromatic carbocycles. The number of nitrogens with one attached hydrogen (secondary N) is 1. The highest BCUT2D eigenvalue weighted by Crippen LogP contribution is 2.30. The van der Waals surface area contributed by atoms with E-state index in [-0.39, 0.29) is 11.9 Å². The van der Waals surface area contributed by atoms with Crippen molar-refractivity contribution < 1.29 is 14.6 Å². The van der Waals surface area contributed by atoms with E-state index in [1.807, 2.05) is 12.1 Å². The maximum atomic E-state index is 10.3. The van der Waals surface area contributed by atoms with Crippen LogP contribution in [0.1, 0.15) is 35.3 Å². The number of rotatable bonds is 6. The van der Waals surface area contributed by atoms with Crippen LogP contribution in [0.5, 0.6) is 11.5 Å². The van der Waals surface area contributed by atoms with Crippen molar-refractivity contribution in [2.45, 2.75) is 33.3 Å². The number of aryl methyl sites for hydroxylation is 2. The summed E-state index contributed by atoms with van der Waals surface area (Å²) in [6.45, 7) is 9.94. The van der Waals surface area contributed by atoms with E-state index in [1.165, 1.54) is 16.7 Å². The molecule has 0 aromatic heterocycles. The lowest BCUT2D eigenvalue weighted by Gasteiger charge is -2.36. The summed E-state index contributed by atoms with van der Waals surface area (Å²) in [6.07, 6.45) is 0.675. The molecule has 30 heavy (non-hydrogen) atoms. The summed E-state index contributed by atoms with van der Waals surface area (Å²) in [7, 11) is 1.56. The summed E-state index contributed by atoms with van der Waals surface area (Å²) in [6, 6.07) is 12.1. The number of phenolic OH excluding ortho intramolecular Hbond substituents is 1. The number of benzene rings is 2. The molecule has 2 N–H and O–H groups in total. The molecule has 162 valence electrons. The Morgan fingerprint density at radius 2 is 2.13 bits per heavy atom. The summed E-state index contributed by atoms with van der Waals surface area (Å²) in [5.41, 5.74) is 4.60. The number of ether oxygens (including phenoxy) is 2. The standard InChI is InChI=1S/C24H33N3O3/c1-5-25-24(26-12-11-19-7-6-8-21(29-4)23(19)28)27-13-14-30-22(16-27)20-10-9-17(2)15-18(20)3/h6-10,15,22,28H,5,11-14,16H2,1-4H3,(H,25,26). The van der Waals surface area contributed by atoms with Crippen LogP contribution in [0, 0.1) is 13.8 Å². The van der Waals surface area contributed by atoms with E-state index in [1.54, 1.807) is 13.2 Å². The van der Waals surface area contributed by atoms with Crippen LogP contribution in [0.15, 0.2) is 41.4 Å². The quantitative estimate of drug-likeness (QED) is 0.562. The Morgan fingerprint density at radius 3 is 2.87 bits per heavy atom. The molecule has 0 spiro atoms. The molecule has 0 bridgehead atoms. The maximum Gasteiger partial charge on any atom is 0.194 e. The van der Waals surface area contributed by atoms with Crippen LogP contribution in [0.25, 0.3) is 0 Å². The predicted octanol–water partition coefficient (Wildman–Crippen LogP) is 3.60. The zero-order valence-electron chi connectivity index (χ0n) is 18.4. The Balaban J connectivity index is 1.70. The van der Waals surface area contributed by atoms with Crippen molar-refractivity contribution in [1.29, 1.82) is 0 Å². The number of nitrogens with zero attached hydrogens (tertiary/aromatic N) is 2. The highest BCUT2D eigenvalue weighted by Gasteiger charge is 2.25. The molecule has 1 fully saturated rings. The van der Waals surface area contributed by atoms with Crippen molar-refractivity contribution in [2.24, 2.45) is 4.99 Å². The first-order valence-corrected chi connectivity index (χ1v) is 10.6. The minimum absolute atomic E-state index is 0.0330. The molecule has 2 aromatic rings. The summed E-state index contributed by atoms with van der Waals surface area (Å²) in [4.78, 5) is 7.08. The average Bonchev–Trinajstić information content (AvgIpc) is 2.74. The van der Waals surface area contributed by atoms with Crippen LogP contribution >= 0.6 is 0 Å². The first-order valence-electron chi connectivity index (χ1n) is 10.6. The van der Waals surface area contributed by atoms with Gasteiger partial charge in [-0.1, -0.05) is 35.9 Å². The summed E-state index contributed by atoms with van der Waals surface area (Å²) < 4.78 is 11.3. The second kappa shape index (κ2) is 10.3. The number of hydrogen-bond acceptors (Lipinski definition) is 4. The Hall–Kier alpha value is -2.73. The largest absolute Gasteiger partial charge is 0.504 e. The normalized spacial score (nSPS) is 17.1. The van der Waals surface area contributed by atoms with E-state index >= 15 is 0 Å². The van der Waals surface area contributed by atoms with Gasteiger partial charge in [0, 0.05) is 19.6 Å². The lowest BCUT2D eigenvalue weighted by atomic mass is 10.00. The number of hydrogen-bond donors (Lipinski definition) is 2. The van der Waals surface area contributed by atoms with Crippen molar-refractivity contribution in [3.05, 3.63) is 58.7 Å². The Kier molecular flexibility index (Phi) is 7.57. The number of aromatic hydroxyl groups is 1. The third-order valence-electron chi connectivity index (χ3n) is 5.42. The molecule has 0 saturated carbocycles. The molecular weight excluding hydrogens is 378 g/mol. The van der Waals surface area contributed by atoms with E-state index in [0.29, 0.717) is 25.3 Å². The van der Waals surface area contributed by atoms with Gasteiger partial charge in [-0.2, -0.15) is 0 Å². The molecule has 1 aliphatic rings. The Bertz CT molecular complexity index is 882. The third-order valence-corrected chi connectivity index (χ3v) is 5.42. The van der Waals surface area contributed by atoms with Crippen molar-refractivity contribution in [1.82, 2.24) is 10.2 Å². The fourth-order valence-corrected chi connectivity index (χ4v) is 3.86. The van der Waals surface area contributed by atoms with Gasteiger partial charge in [0.25, 0.3) is 0 Å². The van der Waals surface area contributed by atoms with Gasteiger partial charge in [-0.15, -0.1) is 0 Å². The maximum absolute atomic E-state index is 10.3. The highest BCUT2D eigenvalue weighted by atomic mass is 16.5. The molecule has 1 atom stereocenters. The zero-order chi connectivity index (χ0) is 21.5. The molecular formula is C24H33N3O3. The van der Waals surface area contributed by atoms with Crippen LogP contribution in [-0.2, 0) is 11.2 Å². The van der Waals surface area contributed by atoms with Crippen LogP contribution in [0.3, 0.4) is 0 Å². The van der Waals surface area contributed by atoms with Crippen LogP contribution in [-0.4, -0.2) is 55.9 Å². The minimum Gasteiger partial charge on any atom is -0.504 e. The van der Waals surface area contributed by atoms with E-state index < -0.39 is 0 Å². The molecule has 0 amide bonds. The minimum atomic E-state index is 0.0330. The Morgan fingerprint density at radius 1 is 1.30 bits per heavy atom. The van der Waals surface area contributed by atoms with Gasteiger partial charge < -0.3 is 24.8 Å². The van der Waals surface area contributed by atoms with Crippen LogP contribution < -0.4 is 10.1 Å². The first kappa shape index (κ1) is 22.0. The van der Waals surface area contributed by atoms with Crippen LogP contribution in [0.4, 0.5) is 0 Å². The molecule has 3 rings (SSSR count). The third kappa shape index (κ3) is 5.25. The fourth-order valence-electron chi connectivity index (χ4n) is 3.86. The van der Waals surface area contributed by atoms with Crippen molar-refractivity contribution in [3.63, 3.8) is 0 Å². The van der Waals surface area contributed by atoms with Gasteiger partial charge in [-0.3, -0.25) is 4.99 Å². The van der Waals surface area contributed by atoms with Crippen LogP contribution in [0.2, 0.25) is 0 Å². The van der Waals surface area contributed by atoms with E-state index in [4.69, 9.17) is 14.5 Å². The number of methoxy groups -OCH3 is 1. The van der Waals surface area contributed by atoms with Crippen molar-refractivity contribution in [2.75, 3.05) is 39.9 Å². The molecule has 1 heterocycles. The van der Waals surface area contributed by atoms with E-state index in [9.17, 15) is 5.11 Å². The number of aliphatic imine (C=N–C) groups is 1. The van der Waals surface area contributed by atoms with E-state index in [0.717, 1.165) is 31.2 Å². The highest BCUT2D eigenvalue weighted by molar-refractivity contribution is 5.80. The van der Waals surface area contributed by atoms with Gasteiger partial charge in [-0.05, 0) is 49.9 Å². The summed E-state index contributed by atoms with van der Waals surface area (Å²) in [5, 5.41) is 13.7. The molecule has 6 nitrogen and oxygen atoms in total. The monoisotopic (exact) mass is 411 g/mol. The molecule has 0 radical (unpaired) electrons. The second-order valence-electron chi connectivity index (χ2n) is 7.62. The van der Waals surface area contributed by atoms with Gasteiger partial charge >= 0.3 is 0 Å². The fraction of sp³-hybridized carbons (Fsp3) is 0.458. The molecule has 1 aliphatic heterocycles. The number of para-hydroxylation sites is 1. The topological polar surface area (TPSA) is 66.3 Å². The molecule has 1 unspecified atom stereocenters. The SMILES string of the molecule is CCNC(=NCCc1cccc(OC)c1O)N1CCOC(c2ccc(C)cc2C)C1. The number of morpholine rings is 1. The first-order chi connectivity index (χ1) is 14.5. The van der Waals surface area contributed by atoms with Gasteiger partial charge in [0.1, 0.15) is 6.10 Å². The number of phenols is 1. The van der Waals surface area contributed by atoms with Gasteiger partial charge in [0.05, 0.1) is 20.3 Å². The lowest BCUT2D eigenvalue weighted by Crippen LogP contribution is -2.48. The summed E-state index contributed by atoms with van der Waals surface area (Å²) in [5.74, 6) is 1.58. The lowest BCUT2D eigenvalue weighted by molar-refractivity contribution is -0.00832. The predicted molar refractivity (Wildman–Crippen MR) is 121 cm³/mol. The zero-order valence-corrected chi connectivity index (χ0v) is 18.4. The van der Waals surface area contributed by atoms with E-state index in [2.05, 4.69) is 49.2 Å². The summed E-state index contributed by atoms with van der Waals surface area (Å²) >= 11 is 0. The van der Waals surface area contributed by atoms with Crippen molar-refractivity contribution >= 4 is 5.96 Å². The molecule has 0 aliphatic carbocycles. The Labute approximate surface area is 179 Å². The molecule has 1 saturated heterocycles. The van der Waals surface area contributed by atoms with Gasteiger partial charge in [0.15, 0.2) is 17.5 Å².